The van der Waals surface area contributed by atoms with Crippen molar-refractivity contribution in [1.82, 2.24) is 19.6 Å². The van der Waals surface area contributed by atoms with Gasteiger partial charge in [-0.25, -0.2) is 17.6 Å². The van der Waals surface area contributed by atoms with E-state index in [1.165, 1.54) is 66.2 Å². The normalized spacial score (nSPS) is 23.2. The summed E-state index contributed by atoms with van der Waals surface area (Å²) in [5.74, 6) is 3.14. The van der Waals surface area contributed by atoms with E-state index in [-0.39, 0.29) is 11.1 Å². The average Bonchev–Trinajstić information content (AvgIpc) is 3.90. The van der Waals surface area contributed by atoms with Gasteiger partial charge in [0.25, 0.3) is 24.7 Å². The van der Waals surface area contributed by atoms with Gasteiger partial charge in [0.05, 0.1) is 11.1 Å². The van der Waals surface area contributed by atoms with E-state index in [0.29, 0.717) is 29.6 Å². The lowest BCUT2D eigenvalue weighted by atomic mass is 9.85. The zero-order valence-electron chi connectivity index (χ0n) is 28.5. The van der Waals surface area contributed by atoms with E-state index in [4.69, 9.17) is 0 Å². The van der Waals surface area contributed by atoms with Crippen molar-refractivity contribution in [3.8, 4) is 0 Å². The Kier molecular flexibility index (Phi) is 9.07. The maximum atomic E-state index is 13.2. The first-order valence-corrected chi connectivity index (χ1v) is 17.4. The minimum absolute atomic E-state index is 0.0660. The Morgan fingerprint density at radius 1 is 0.720 bits per heavy atom. The van der Waals surface area contributed by atoms with Crippen LogP contribution in [0, 0.1) is 23.7 Å². The number of nitrogens with one attached hydrogen (secondary N) is 2. The number of benzene rings is 2. The van der Waals surface area contributed by atoms with Gasteiger partial charge < -0.3 is 10.6 Å². The summed E-state index contributed by atoms with van der Waals surface area (Å²) in [6.45, 7) is 4.51. The molecule has 8 rings (SSSR count). The highest BCUT2D eigenvalue weighted by molar-refractivity contribution is 6.06. The van der Waals surface area contributed by atoms with E-state index in [0.717, 1.165) is 41.6 Å². The number of aryl methyl sites for hydroxylation is 2. The second-order valence-electron chi connectivity index (χ2n) is 14.6. The molecule has 0 spiro atoms. The molecule has 3 saturated carbocycles. The minimum Gasteiger partial charge on any atom is -0.322 e. The Morgan fingerprint density at radius 2 is 1.26 bits per heavy atom. The maximum Gasteiger partial charge on any atom is 0.282 e. The molecule has 3 fully saturated rings. The van der Waals surface area contributed by atoms with E-state index >= 15 is 0 Å². The van der Waals surface area contributed by atoms with Gasteiger partial charge in [0, 0.05) is 37.9 Å². The molecule has 2 aromatic heterocycles. The van der Waals surface area contributed by atoms with E-state index in [1.807, 2.05) is 36.4 Å². The Bertz CT molecular complexity index is 1910. The second-order valence-corrected chi connectivity index (χ2v) is 14.6. The van der Waals surface area contributed by atoms with Crippen LogP contribution in [-0.2, 0) is 14.1 Å². The molecule has 0 aliphatic heterocycles. The van der Waals surface area contributed by atoms with Crippen LogP contribution in [0.1, 0.15) is 125 Å². The van der Waals surface area contributed by atoms with Gasteiger partial charge in [-0.2, -0.15) is 10.2 Å². The number of anilines is 2. The van der Waals surface area contributed by atoms with Crippen molar-refractivity contribution in [1.29, 1.82) is 0 Å². The smallest absolute Gasteiger partial charge is 0.282 e. The highest BCUT2D eigenvalue weighted by atomic mass is 19.3. The van der Waals surface area contributed by atoms with Crippen LogP contribution in [-0.4, -0.2) is 31.4 Å². The van der Waals surface area contributed by atoms with Crippen molar-refractivity contribution in [3.63, 3.8) is 0 Å². The minimum atomic E-state index is -2.78. The Morgan fingerprint density at radius 3 is 1.84 bits per heavy atom. The summed E-state index contributed by atoms with van der Waals surface area (Å²) in [5.41, 5.74) is 4.03. The highest BCUT2D eigenvalue weighted by Crippen LogP contribution is 2.62. The Labute approximate surface area is 288 Å². The molecule has 2 bridgehead atoms. The van der Waals surface area contributed by atoms with Gasteiger partial charge in [-0.1, -0.05) is 44.2 Å². The molecular formula is C38H42F4N6O2. The van der Waals surface area contributed by atoms with Gasteiger partial charge in [-0.3, -0.25) is 19.0 Å². The van der Waals surface area contributed by atoms with Crippen molar-refractivity contribution in [2.45, 2.75) is 76.6 Å². The fourth-order valence-electron chi connectivity index (χ4n) is 8.70. The first kappa shape index (κ1) is 34.0. The molecule has 0 radical (unpaired) electrons. The van der Waals surface area contributed by atoms with Crippen LogP contribution in [0.4, 0.5) is 28.9 Å². The highest BCUT2D eigenvalue weighted by Gasteiger charge is 2.49. The van der Waals surface area contributed by atoms with Crippen molar-refractivity contribution in [2.75, 3.05) is 10.6 Å². The third-order valence-corrected chi connectivity index (χ3v) is 10.9. The summed E-state index contributed by atoms with van der Waals surface area (Å²) in [6, 6.07) is 13.7. The zero-order valence-corrected chi connectivity index (χ0v) is 28.5. The van der Waals surface area contributed by atoms with Crippen LogP contribution < -0.4 is 10.6 Å². The number of hydrogen-bond donors (Lipinski definition) is 2. The summed E-state index contributed by atoms with van der Waals surface area (Å²) < 4.78 is 54.9. The molecule has 2 aromatic carbocycles. The van der Waals surface area contributed by atoms with Gasteiger partial charge in [0.2, 0.25) is 0 Å². The molecule has 4 aliphatic carbocycles. The summed E-state index contributed by atoms with van der Waals surface area (Å²) >= 11 is 0. The molecule has 0 saturated heterocycles. The van der Waals surface area contributed by atoms with Crippen molar-refractivity contribution >= 4 is 23.2 Å². The summed E-state index contributed by atoms with van der Waals surface area (Å²) in [5, 5.41) is 13.1. The molecule has 5 unspecified atom stereocenters. The molecule has 8 nitrogen and oxygen atoms in total. The van der Waals surface area contributed by atoms with Crippen molar-refractivity contribution in [3.05, 3.63) is 94.1 Å². The molecule has 264 valence electrons. The molecule has 12 heteroatoms. The number of alkyl halides is 4. The molecule has 2 N–H and O–H groups in total. The summed E-state index contributed by atoms with van der Waals surface area (Å²) in [7, 11) is 3.07. The van der Waals surface area contributed by atoms with Gasteiger partial charge in [-0.15, -0.1) is 0 Å². The maximum absolute atomic E-state index is 13.2. The second kappa shape index (κ2) is 13.3. The number of hydrogen-bond acceptors (Lipinski definition) is 4. The van der Waals surface area contributed by atoms with Crippen LogP contribution in [0.2, 0.25) is 0 Å². The number of fused-ring (bicyclic) bond motifs is 5. The number of nitrogens with zero attached hydrogens (tertiary/aromatic N) is 4. The molecular weight excluding hydrogens is 648 g/mol. The van der Waals surface area contributed by atoms with Crippen LogP contribution in [0.3, 0.4) is 0 Å². The summed E-state index contributed by atoms with van der Waals surface area (Å²) in [6.07, 6.45) is 3.23. The van der Waals surface area contributed by atoms with Gasteiger partial charge in [-0.05, 0) is 102 Å². The number of carbonyl (C=O) groups excluding carboxylic acids is 2. The lowest BCUT2D eigenvalue weighted by Gasteiger charge is -2.21. The third-order valence-electron chi connectivity index (χ3n) is 10.9. The van der Waals surface area contributed by atoms with Gasteiger partial charge in [0.1, 0.15) is 11.4 Å². The van der Waals surface area contributed by atoms with Crippen LogP contribution in [0.25, 0.3) is 0 Å². The average molecular weight is 691 g/mol. The molecule has 2 amide bonds. The monoisotopic (exact) mass is 690 g/mol. The first-order valence-electron chi connectivity index (χ1n) is 17.4. The Balaban J connectivity index is 0.000000157. The predicted molar refractivity (Wildman–Crippen MR) is 182 cm³/mol. The number of rotatable bonds is 9. The Hall–Kier alpha value is -4.48. The first-order chi connectivity index (χ1) is 23.9. The number of para-hydroxylation sites is 1. The fourth-order valence-corrected chi connectivity index (χ4v) is 8.70. The predicted octanol–water partition coefficient (Wildman–Crippen LogP) is 8.98. The van der Waals surface area contributed by atoms with Crippen LogP contribution >= 0.6 is 0 Å². The van der Waals surface area contributed by atoms with Gasteiger partial charge in [0.15, 0.2) is 0 Å². The molecule has 4 aromatic rings. The van der Waals surface area contributed by atoms with E-state index in [2.05, 4.69) is 40.7 Å². The standard InChI is InChI=1S/C20H23F2N3O.C18H19F2N3O/c1-10(2)16-12-7-8-13(16)17-11(12)5-4-6-15(17)23-20(26)14-9-25(3)24-18(14)19(21)22;1-23-9-14(16(22-23)17(19)20)18(24)21-15-5-3-2-4-11(15)13-8-12(13)10-6-7-10/h4-6,9-10,12-13,16,19H,7-8H2,1-3H3,(H,23,26);2-5,9-10,12-13,17H,6-8H2,1H3,(H,21,24). The van der Waals surface area contributed by atoms with Crippen molar-refractivity contribution in [2.24, 2.45) is 37.8 Å². The topological polar surface area (TPSA) is 93.8 Å². The molecule has 4 aliphatic rings. The van der Waals surface area contributed by atoms with Gasteiger partial charge >= 0.3 is 0 Å². The number of amides is 2. The number of halogens is 4. The fraction of sp³-hybridized carbons (Fsp3) is 0.474. The summed E-state index contributed by atoms with van der Waals surface area (Å²) in [4.78, 5) is 25.2. The van der Waals surface area contributed by atoms with Crippen LogP contribution in [0.5, 0.6) is 0 Å². The van der Waals surface area contributed by atoms with E-state index < -0.39 is 36.1 Å². The SMILES string of the molecule is CC(C)C1C2CCC1c1c(NC(=O)c3cn(C)nc3C(F)F)cccc12.Cn1cc(C(=O)Nc2ccccc2C2CC2C2CC2)c(C(F)F)n1. The molecule has 50 heavy (non-hydrogen) atoms. The van der Waals surface area contributed by atoms with Crippen LogP contribution in [0.15, 0.2) is 54.9 Å². The van der Waals surface area contributed by atoms with E-state index in [9.17, 15) is 27.2 Å². The number of carbonyl (C=O) groups is 2. The van der Waals surface area contributed by atoms with Crippen molar-refractivity contribution < 1.29 is 27.2 Å². The quantitative estimate of drug-likeness (QED) is 0.172. The lowest BCUT2D eigenvalue weighted by molar-refractivity contribution is 0.100. The number of aromatic nitrogens is 4. The zero-order chi connectivity index (χ0) is 35.4. The largest absolute Gasteiger partial charge is 0.322 e. The third kappa shape index (κ3) is 6.44. The molecule has 5 atom stereocenters. The lowest BCUT2D eigenvalue weighted by Crippen LogP contribution is -2.16. The van der Waals surface area contributed by atoms with E-state index in [1.54, 1.807) is 0 Å². The molecule has 2 heterocycles.